The SMILES string of the molecule is C=N/C=C(\C)[Si](C)(C)C. The van der Waals surface area contributed by atoms with Gasteiger partial charge in [-0.3, -0.25) is 4.99 Å². The molecule has 2 heteroatoms. The van der Waals surface area contributed by atoms with Gasteiger partial charge in [0.1, 0.15) is 0 Å². The van der Waals surface area contributed by atoms with E-state index in [4.69, 9.17) is 0 Å². The van der Waals surface area contributed by atoms with Crippen LogP contribution in [0.3, 0.4) is 0 Å². The molecule has 0 aromatic rings. The van der Waals surface area contributed by atoms with Crippen LogP contribution >= 0.6 is 0 Å². The third-order valence-electron chi connectivity index (χ3n) is 1.47. The predicted octanol–water partition coefficient (Wildman–Crippen LogP) is 2.47. The number of hydrogen-bond donors (Lipinski definition) is 0. The summed E-state index contributed by atoms with van der Waals surface area (Å²) in [4.78, 5) is 3.72. The molecule has 0 saturated carbocycles. The second kappa shape index (κ2) is 2.97. The first-order valence-electron chi connectivity index (χ1n) is 3.11. The molecule has 0 rings (SSSR count). The highest BCUT2D eigenvalue weighted by molar-refractivity contribution is 6.82. The van der Waals surface area contributed by atoms with Crippen LogP contribution in [0.25, 0.3) is 0 Å². The molecule has 0 unspecified atom stereocenters. The topological polar surface area (TPSA) is 12.4 Å². The van der Waals surface area contributed by atoms with Gasteiger partial charge in [0.2, 0.25) is 0 Å². The molecule has 0 spiro atoms. The van der Waals surface area contributed by atoms with Gasteiger partial charge in [-0.15, -0.1) is 0 Å². The Morgan fingerprint density at radius 1 is 1.44 bits per heavy atom. The van der Waals surface area contributed by atoms with E-state index in [0.717, 1.165) is 0 Å². The molecule has 0 amide bonds. The lowest BCUT2D eigenvalue weighted by Gasteiger charge is -2.15. The number of hydrogen-bond acceptors (Lipinski definition) is 1. The van der Waals surface area contributed by atoms with Crippen LogP contribution in [0.4, 0.5) is 0 Å². The second-order valence-corrected chi connectivity index (χ2v) is 8.53. The monoisotopic (exact) mass is 141 g/mol. The average Bonchev–Trinajstić information content (AvgIpc) is 1.64. The summed E-state index contributed by atoms with van der Waals surface area (Å²) in [6.45, 7) is 12.4. The smallest absolute Gasteiger partial charge is 0.0740 e. The zero-order valence-electron chi connectivity index (χ0n) is 6.73. The van der Waals surface area contributed by atoms with Crippen molar-refractivity contribution in [2.45, 2.75) is 26.6 Å². The lowest BCUT2D eigenvalue weighted by molar-refractivity contribution is 1.45. The Morgan fingerprint density at radius 3 is 2.00 bits per heavy atom. The summed E-state index contributed by atoms with van der Waals surface area (Å²) in [6.07, 6.45) is 1.87. The van der Waals surface area contributed by atoms with Crippen LogP contribution in [0.15, 0.2) is 16.4 Å². The Morgan fingerprint density at radius 2 is 1.89 bits per heavy atom. The van der Waals surface area contributed by atoms with Gasteiger partial charge >= 0.3 is 0 Å². The zero-order valence-corrected chi connectivity index (χ0v) is 7.73. The molecule has 0 fully saturated rings. The zero-order chi connectivity index (χ0) is 7.49. The molecule has 52 valence electrons. The van der Waals surface area contributed by atoms with Crippen molar-refractivity contribution in [1.82, 2.24) is 0 Å². The van der Waals surface area contributed by atoms with Gasteiger partial charge in [-0.1, -0.05) is 24.8 Å². The van der Waals surface area contributed by atoms with E-state index in [1.165, 1.54) is 5.20 Å². The minimum Gasteiger partial charge on any atom is -0.273 e. The maximum atomic E-state index is 3.72. The molecule has 0 bridgehead atoms. The molecule has 0 radical (unpaired) electrons. The molecule has 1 nitrogen and oxygen atoms in total. The van der Waals surface area contributed by atoms with Gasteiger partial charge in [-0.25, -0.2) is 0 Å². The van der Waals surface area contributed by atoms with Gasteiger partial charge in [0, 0.05) is 6.20 Å². The number of aliphatic imine (C=N–C) groups is 1. The Kier molecular flexibility index (Phi) is 2.84. The molecular formula is C7H15NSi. The molecule has 0 aliphatic carbocycles. The third-order valence-corrected chi connectivity index (χ3v) is 3.96. The standard InChI is InChI=1S/C7H15NSi/c1-7(6-8-2)9(3,4)5/h6H,2H2,1,3-5H3/b7-6+. The van der Waals surface area contributed by atoms with E-state index in [9.17, 15) is 0 Å². The van der Waals surface area contributed by atoms with E-state index in [1.54, 1.807) is 0 Å². The van der Waals surface area contributed by atoms with Gasteiger partial charge < -0.3 is 0 Å². The minimum absolute atomic E-state index is 1.05. The molecule has 0 aliphatic heterocycles. The fourth-order valence-electron chi connectivity index (χ4n) is 0.331. The first kappa shape index (κ1) is 8.63. The van der Waals surface area contributed by atoms with Crippen LogP contribution in [0.5, 0.6) is 0 Å². The number of nitrogens with zero attached hydrogens (tertiary/aromatic N) is 1. The maximum Gasteiger partial charge on any atom is 0.0740 e. The third kappa shape index (κ3) is 3.24. The lowest BCUT2D eigenvalue weighted by Crippen LogP contribution is -2.21. The molecule has 0 N–H and O–H groups in total. The molecular weight excluding hydrogens is 126 g/mol. The van der Waals surface area contributed by atoms with E-state index in [2.05, 4.69) is 38.3 Å². The van der Waals surface area contributed by atoms with Gasteiger partial charge in [-0.05, 0) is 13.6 Å². The highest BCUT2D eigenvalue weighted by Crippen LogP contribution is 2.12. The van der Waals surface area contributed by atoms with Crippen LogP contribution in [0.2, 0.25) is 19.6 Å². The molecule has 0 saturated heterocycles. The summed E-state index contributed by atoms with van der Waals surface area (Å²) in [6, 6.07) is 0. The summed E-state index contributed by atoms with van der Waals surface area (Å²) in [7, 11) is -1.05. The van der Waals surface area contributed by atoms with Gasteiger partial charge in [-0.2, -0.15) is 0 Å². The van der Waals surface area contributed by atoms with Crippen LogP contribution in [-0.2, 0) is 0 Å². The fourth-order valence-corrected chi connectivity index (χ4v) is 0.809. The van der Waals surface area contributed by atoms with Crippen molar-refractivity contribution in [2.75, 3.05) is 0 Å². The highest BCUT2D eigenvalue weighted by Gasteiger charge is 2.14. The molecule has 0 aromatic carbocycles. The number of rotatable bonds is 2. The maximum absolute atomic E-state index is 3.72. The Balaban J connectivity index is 4.19. The molecule has 0 aliphatic rings. The minimum atomic E-state index is -1.05. The Labute approximate surface area is 58.5 Å². The summed E-state index contributed by atoms with van der Waals surface area (Å²) in [5.41, 5.74) is 0. The van der Waals surface area contributed by atoms with Crippen molar-refractivity contribution in [3.8, 4) is 0 Å². The van der Waals surface area contributed by atoms with Crippen molar-refractivity contribution in [1.29, 1.82) is 0 Å². The largest absolute Gasteiger partial charge is 0.273 e. The lowest BCUT2D eigenvalue weighted by atomic mass is 10.7. The van der Waals surface area contributed by atoms with Crippen molar-refractivity contribution >= 4 is 14.8 Å². The fraction of sp³-hybridized carbons (Fsp3) is 0.571. The Bertz CT molecular complexity index is 130. The molecule has 0 heterocycles. The van der Waals surface area contributed by atoms with Crippen molar-refractivity contribution in [3.05, 3.63) is 11.4 Å². The van der Waals surface area contributed by atoms with Gasteiger partial charge in [0.05, 0.1) is 8.07 Å². The highest BCUT2D eigenvalue weighted by atomic mass is 28.3. The van der Waals surface area contributed by atoms with Gasteiger partial charge in [0.25, 0.3) is 0 Å². The molecule has 9 heavy (non-hydrogen) atoms. The molecule has 0 atom stereocenters. The quantitative estimate of drug-likeness (QED) is 0.414. The van der Waals surface area contributed by atoms with E-state index >= 15 is 0 Å². The summed E-state index contributed by atoms with van der Waals surface area (Å²) in [5, 5.41) is 1.40. The average molecular weight is 141 g/mol. The van der Waals surface area contributed by atoms with Crippen molar-refractivity contribution < 1.29 is 0 Å². The van der Waals surface area contributed by atoms with E-state index in [1.807, 2.05) is 6.20 Å². The van der Waals surface area contributed by atoms with Crippen LogP contribution in [-0.4, -0.2) is 14.8 Å². The van der Waals surface area contributed by atoms with Crippen molar-refractivity contribution in [2.24, 2.45) is 4.99 Å². The summed E-state index contributed by atoms with van der Waals surface area (Å²) in [5.74, 6) is 0. The Hall–Kier alpha value is -0.373. The summed E-state index contributed by atoms with van der Waals surface area (Å²) >= 11 is 0. The van der Waals surface area contributed by atoms with E-state index in [-0.39, 0.29) is 0 Å². The van der Waals surface area contributed by atoms with Crippen LogP contribution in [0.1, 0.15) is 6.92 Å². The normalized spacial score (nSPS) is 13.6. The first-order valence-corrected chi connectivity index (χ1v) is 6.61. The molecule has 0 aromatic heterocycles. The van der Waals surface area contributed by atoms with E-state index < -0.39 is 8.07 Å². The predicted molar refractivity (Wildman–Crippen MR) is 46.7 cm³/mol. The number of allylic oxidation sites excluding steroid dienone is 1. The second-order valence-electron chi connectivity index (χ2n) is 3.24. The van der Waals surface area contributed by atoms with Crippen molar-refractivity contribution in [3.63, 3.8) is 0 Å². The van der Waals surface area contributed by atoms with E-state index in [0.29, 0.717) is 0 Å². The summed E-state index contributed by atoms with van der Waals surface area (Å²) < 4.78 is 0. The first-order chi connectivity index (χ1) is 3.98. The van der Waals surface area contributed by atoms with Crippen LogP contribution in [0, 0.1) is 0 Å². The van der Waals surface area contributed by atoms with Crippen LogP contribution < -0.4 is 0 Å². The van der Waals surface area contributed by atoms with Gasteiger partial charge in [0.15, 0.2) is 0 Å².